The van der Waals surface area contributed by atoms with Crippen LogP contribution in [0.25, 0.3) is 0 Å². The predicted octanol–water partition coefficient (Wildman–Crippen LogP) is 1.44. The molecule has 3 nitrogen and oxygen atoms in total. The van der Waals surface area contributed by atoms with Gasteiger partial charge >= 0.3 is 0 Å². The summed E-state index contributed by atoms with van der Waals surface area (Å²) in [5.41, 5.74) is 7.74. The number of benzene rings is 1. The fourth-order valence-corrected chi connectivity index (χ4v) is 1.95. The van der Waals surface area contributed by atoms with Gasteiger partial charge in [0.25, 0.3) is 0 Å². The molecule has 3 heteroatoms. The minimum atomic E-state index is 0.0911. The van der Waals surface area contributed by atoms with E-state index in [1.807, 2.05) is 24.3 Å². The van der Waals surface area contributed by atoms with E-state index in [-0.39, 0.29) is 11.3 Å². The Bertz CT molecular complexity index is 366. The van der Waals surface area contributed by atoms with Gasteiger partial charge in [0.1, 0.15) is 0 Å². The Morgan fingerprint density at radius 2 is 2.00 bits per heavy atom. The number of rotatable bonds is 3. The van der Waals surface area contributed by atoms with Crippen molar-refractivity contribution < 1.29 is 4.79 Å². The highest BCUT2D eigenvalue weighted by atomic mass is 16.1. The van der Waals surface area contributed by atoms with Crippen LogP contribution in [0, 0.1) is 0 Å². The molecule has 1 amide bonds. The lowest BCUT2D eigenvalue weighted by atomic mass is 9.92. The number of hydrogen-bond acceptors (Lipinski definition) is 2. The van der Waals surface area contributed by atoms with Crippen molar-refractivity contribution in [1.82, 2.24) is 5.32 Å². The van der Waals surface area contributed by atoms with E-state index in [0.29, 0.717) is 6.42 Å². The minimum Gasteiger partial charge on any atom is -0.399 e. The number of carbonyl (C=O) groups is 1. The molecule has 0 spiro atoms. The Balaban J connectivity index is 2.16. The molecule has 3 N–H and O–H groups in total. The van der Waals surface area contributed by atoms with E-state index in [1.54, 1.807) is 7.05 Å². The number of nitrogens with one attached hydrogen (secondary N) is 1. The van der Waals surface area contributed by atoms with Crippen LogP contribution in [0.2, 0.25) is 0 Å². The number of carbonyl (C=O) groups excluding carboxylic acids is 1. The van der Waals surface area contributed by atoms with Gasteiger partial charge in [-0.3, -0.25) is 4.79 Å². The Kier molecular flexibility index (Phi) is 2.39. The van der Waals surface area contributed by atoms with Crippen LogP contribution in [-0.4, -0.2) is 13.0 Å². The first-order chi connectivity index (χ1) is 7.16. The van der Waals surface area contributed by atoms with E-state index in [9.17, 15) is 4.79 Å². The highest BCUT2D eigenvalue weighted by Crippen LogP contribution is 2.51. The molecule has 2 rings (SSSR count). The zero-order valence-electron chi connectivity index (χ0n) is 8.92. The van der Waals surface area contributed by atoms with Crippen LogP contribution in [0.1, 0.15) is 24.8 Å². The van der Waals surface area contributed by atoms with Gasteiger partial charge in [0.15, 0.2) is 0 Å². The van der Waals surface area contributed by atoms with Crippen LogP contribution >= 0.6 is 0 Å². The molecule has 0 radical (unpaired) electrons. The van der Waals surface area contributed by atoms with Gasteiger partial charge in [0.05, 0.1) is 0 Å². The Morgan fingerprint density at radius 3 is 2.47 bits per heavy atom. The van der Waals surface area contributed by atoms with E-state index in [4.69, 9.17) is 5.73 Å². The van der Waals surface area contributed by atoms with Crippen molar-refractivity contribution in [3.8, 4) is 0 Å². The first kappa shape index (κ1) is 10.0. The summed E-state index contributed by atoms with van der Waals surface area (Å²) in [5, 5.41) is 2.68. The first-order valence-electron chi connectivity index (χ1n) is 5.23. The SMILES string of the molecule is CNC(=O)CC1(c2ccc(N)cc2)CC1. The lowest BCUT2D eigenvalue weighted by molar-refractivity contribution is -0.121. The first-order valence-corrected chi connectivity index (χ1v) is 5.23. The zero-order valence-corrected chi connectivity index (χ0v) is 8.92. The normalized spacial score (nSPS) is 17.1. The van der Waals surface area contributed by atoms with Crippen LogP contribution in [-0.2, 0) is 10.2 Å². The summed E-state index contributed by atoms with van der Waals surface area (Å²) in [6.45, 7) is 0. The standard InChI is InChI=1S/C12H16N2O/c1-14-11(15)8-12(6-7-12)9-2-4-10(13)5-3-9/h2-5H,6-8,13H2,1H3,(H,14,15). The van der Waals surface area contributed by atoms with Crippen molar-refractivity contribution in [3.05, 3.63) is 29.8 Å². The molecule has 0 unspecified atom stereocenters. The number of anilines is 1. The molecule has 80 valence electrons. The van der Waals surface area contributed by atoms with Crippen LogP contribution in [0.15, 0.2) is 24.3 Å². The minimum absolute atomic E-state index is 0.0911. The molecule has 1 fully saturated rings. The van der Waals surface area contributed by atoms with Crippen LogP contribution in [0.3, 0.4) is 0 Å². The van der Waals surface area contributed by atoms with E-state index in [0.717, 1.165) is 18.5 Å². The molecule has 1 aromatic rings. The zero-order chi connectivity index (χ0) is 10.9. The highest BCUT2D eigenvalue weighted by molar-refractivity contribution is 5.78. The summed E-state index contributed by atoms with van der Waals surface area (Å²) in [6, 6.07) is 7.87. The molecular formula is C12H16N2O. The number of amides is 1. The molecule has 0 saturated heterocycles. The van der Waals surface area contributed by atoms with Crippen molar-refractivity contribution in [2.75, 3.05) is 12.8 Å². The molecule has 0 aromatic heterocycles. The molecule has 0 heterocycles. The highest BCUT2D eigenvalue weighted by Gasteiger charge is 2.45. The maximum Gasteiger partial charge on any atom is 0.220 e. The number of nitrogen functional groups attached to an aromatic ring is 1. The molecule has 1 saturated carbocycles. The number of hydrogen-bond donors (Lipinski definition) is 2. The van der Waals surface area contributed by atoms with E-state index >= 15 is 0 Å². The molecule has 0 aliphatic heterocycles. The molecular weight excluding hydrogens is 188 g/mol. The quantitative estimate of drug-likeness (QED) is 0.732. The van der Waals surface area contributed by atoms with Crippen molar-refractivity contribution in [3.63, 3.8) is 0 Å². The summed E-state index contributed by atoms with van der Waals surface area (Å²) in [6.07, 6.45) is 2.79. The maximum atomic E-state index is 11.4. The van der Waals surface area contributed by atoms with Crippen LogP contribution < -0.4 is 11.1 Å². The molecule has 0 bridgehead atoms. The molecule has 1 aliphatic carbocycles. The summed E-state index contributed by atoms with van der Waals surface area (Å²) >= 11 is 0. The Hall–Kier alpha value is -1.51. The van der Waals surface area contributed by atoms with Gasteiger partial charge in [-0.05, 0) is 30.5 Å². The Morgan fingerprint density at radius 1 is 1.40 bits per heavy atom. The van der Waals surface area contributed by atoms with Crippen molar-refractivity contribution >= 4 is 11.6 Å². The largest absolute Gasteiger partial charge is 0.399 e. The lowest BCUT2D eigenvalue weighted by Crippen LogP contribution is -2.23. The van der Waals surface area contributed by atoms with Gasteiger partial charge in [-0.15, -0.1) is 0 Å². The second-order valence-corrected chi connectivity index (χ2v) is 4.25. The predicted molar refractivity (Wildman–Crippen MR) is 60.5 cm³/mol. The van der Waals surface area contributed by atoms with Gasteiger partial charge in [-0.1, -0.05) is 12.1 Å². The van der Waals surface area contributed by atoms with Gasteiger partial charge < -0.3 is 11.1 Å². The lowest BCUT2D eigenvalue weighted by Gasteiger charge is -2.14. The third-order valence-electron chi connectivity index (χ3n) is 3.15. The van der Waals surface area contributed by atoms with Crippen molar-refractivity contribution in [1.29, 1.82) is 0 Å². The van der Waals surface area contributed by atoms with Gasteiger partial charge in [0, 0.05) is 24.6 Å². The molecule has 1 aliphatic rings. The van der Waals surface area contributed by atoms with Crippen molar-refractivity contribution in [2.24, 2.45) is 0 Å². The fourth-order valence-electron chi connectivity index (χ4n) is 1.95. The molecule has 0 atom stereocenters. The monoisotopic (exact) mass is 204 g/mol. The summed E-state index contributed by atoms with van der Waals surface area (Å²) < 4.78 is 0. The smallest absolute Gasteiger partial charge is 0.220 e. The average molecular weight is 204 g/mol. The van der Waals surface area contributed by atoms with Gasteiger partial charge in [-0.2, -0.15) is 0 Å². The second kappa shape index (κ2) is 3.57. The van der Waals surface area contributed by atoms with Crippen LogP contribution in [0.4, 0.5) is 5.69 Å². The summed E-state index contributed by atoms with van der Waals surface area (Å²) in [4.78, 5) is 11.4. The van der Waals surface area contributed by atoms with E-state index in [2.05, 4.69) is 5.32 Å². The topological polar surface area (TPSA) is 55.1 Å². The summed E-state index contributed by atoms with van der Waals surface area (Å²) in [7, 11) is 1.68. The third kappa shape index (κ3) is 1.96. The van der Waals surface area contributed by atoms with Crippen molar-refractivity contribution in [2.45, 2.75) is 24.7 Å². The Labute approximate surface area is 89.7 Å². The fraction of sp³-hybridized carbons (Fsp3) is 0.417. The van der Waals surface area contributed by atoms with Gasteiger partial charge in [0.2, 0.25) is 5.91 Å². The summed E-state index contributed by atoms with van der Waals surface area (Å²) in [5.74, 6) is 0.115. The van der Waals surface area contributed by atoms with Gasteiger partial charge in [-0.25, -0.2) is 0 Å². The van der Waals surface area contributed by atoms with E-state index in [1.165, 1.54) is 5.56 Å². The number of nitrogens with two attached hydrogens (primary N) is 1. The average Bonchev–Trinajstić information content (AvgIpc) is 3.00. The second-order valence-electron chi connectivity index (χ2n) is 4.25. The van der Waals surface area contributed by atoms with Crippen LogP contribution in [0.5, 0.6) is 0 Å². The maximum absolute atomic E-state index is 11.4. The molecule has 15 heavy (non-hydrogen) atoms. The molecule has 1 aromatic carbocycles. The third-order valence-corrected chi connectivity index (χ3v) is 3.15. The van der Waals surface area contributed by atoms with E-state index < -0.39 is 0 Å².